The summed E-state index contributed by atoms with van der Waals surface area (Å²) in [6.07, 6.45) is -0.384. The molecule has 2 N–H and O–H groups in total. The summed E-state index contributed by atoms with van der Waals surface area (Å²) in [5, 5.41) is 11.8. The summed E-state index contributed by atoms with van der Waals surface area (Å²) in [5.41, 5.74) is 0. The average Bonchev–Trinajstić information content (AvgIpc) is 1.98. The van der Waals surface area contributed by atoms with Gasteiger partial charge in [0.15, 0.2) is 0 Å². The number of rotatable bonds is 6. The molecule has 0 spiro atoms. The number of aliphatic hydroxyl groups is 1. The zero-order valence-electron chi connectivity index (χ0n) is 7.80. The highest BCUT2D eigenvalue weighted by atomic mass is 16.3. The Bertz CT molecular complexity index is 82.2. The van der Waals surface area contributed by atoms with E-state index in [1.165, 1.54) is 0 Å². The van der Waals surface area contributed by atoms with Gasteiger partial charge in [-0.2, -0.15) is 0 Å². The Morgan fingerprint density at radius 3 is 2.27 bits per heavy atom. The predicted octanol–water partition coefficient (Wildman–Crippen LogP) is 0.256. The summed E-state index contributed by atoms with van der Waals surface area (Å²) in [6, 6.07) is 0. The van der Waals surface area contributed by atoms with E-state index in [0.29, 0.717) is 0 Å². The van der Waals surface area contributed by atoms with Gasteiger partial charge in [-0.15, -0.1) is 0 Å². The lowest BCUT2D eigenvalue weighted by molar-refractivity contribution is 0.150. The van der Waals surface area contributed by atoms with Crippen LogP contribution in [-0.4, -0.2) is 42.4 Å². The molecule has 0 amide bonds. The molecular weight excluding hydrogens is 140 g/mol. The number of nitrogens with zero attached hydrogens (tertiary/aromatic N) is 1. The fraction of sp³-hybridized carbons (Fsp3) is 1.00. The lowest BCUT2D eigenvalue weighted by Crippen LogP contribution is -2.35. The second kappa shape index (κ2) is 6.58. The summed E-state index contributed by atoms with van der Waals surface area (Å²) < 4.78 is 0. The van der Waals surface area contributed by atoms with E-state index in [0.717, 1.165) is 26.2 Å². The van der Waals surface area contributed by atoms with Crippen molar-refractivity contribution in [2.75, 3.05) is 26.2 Å². The van der Waals surface area contributed by atoms with Crippen molar-refractivity contribution in [3.63, 3.8) is 0 Å². The zero-order chi connectivity index (χ0) is 8.69. The molecule has 11 heavy (non-hydrogen) atoms. The lowest BCUT2D eigenvalue weighted by Gasteiger charge is -2.18. The number of aliphatic hydroxyl groups excluding tert-OH is 1. The highest BCUT2D eigenvalue weighted by Gasteiger charge is 1.98. The summed E-state index contributed by atoms with van der Waals surface area (Å²) in [5.74, 6) is 0. The van der Waals surface area contributed by atoms with Crippen LogP contribution in [0, 0.1) is 0 Å². The van der Waals surface area contributed by atoms with Crippen LogP contribution >= 0.6 is 0 Å². The molecule has 0 saturated heterocycles. The second-order valence-corrected chi connectivity index (χ2v) is 2.66. The minimum Gasteiger partial charge on any atom is -0.379 e. The van der Waals surface area contributed by atoms with E-state index >= 15 is 0 Å². The first kappa shape index (κ1) is 10.9. The Morgan fingerprint density at radius 1 is 1.36 bits per heavy atom. The van der Waals surface area contributed by atoms with Crippen molar-refractivity contribution in [1.82, 2.24) is 10.2 Å². The fourth-order valence-electron chi connectivity index (χ4n) is 0.971. The molecule has 0 aromatic heterocycles. The summed E-state index contributed by atoms with van der Waals surface area (Å²) in [7, 11) is 0. The Kier molecular flexibility index (Phi) is 6.51. The SMILES string of the molecule is CCN(CC)CCNC(C)O. The van der Waals surface area contributed by atoms with Gasteiger partial charge in [0.1, 0.15) is 6.23 Å². The van der Waals surface area contributed by atoms with Crippen LogP contribution in [0.25, 0.3) is 0 Å². The molecule has 1 unspecified atom stereocenters. The number of hydrogen-bond acceptors (Lipinski definition) is 3. The molecular formula is C8H20N2O. The van der Waals surface area contributed by atoms with Crippen LogP contribution in [-0.2, 0) is 0 Å². The molecule has 0 rings (SSSR count). The van der Waals surface area contributed by atoms with Gasteiger partial charge in [-0.3, -0.25) is 5.32 Å². The van der Waals surface area contributed by atoms with Crippen molar-refractivity contribution < 1.29 is 5.11 Å². The number of likely N-dealkylation sites (N-methyl/N-ethyl adjacent to an activating group) is 1. The lowest BCUT2D eigenvalue weighted by atomic mass is 10.4. The first-order chi connectivity index (χ1) is 5.20. The van der Waals surface area contributed by atoms with Gasteiger partial charge in [0, 0.05) is 13.1 Å². The molecule has 0 bridgehead atoms. The highest BCUT2D eigenvalue weighted by molar-refractivity contribution is 4.55. The van der Waals surface area contributed by atoms with Gasteiger partial charge in [0.25, 0.3) is 0 Å². The van der Waals surface area contributed by atoms with Crippen LogP contribution in [0.2, 0.25) is 0 Å². The molecule has 3 nitrogen and oxygen atoms in total. The summed E-state index contributed by atoms with van der Waals surface area (Å²) >= 11 is 0. The van der Waals surface area contributed by atoms with Crippen LogP contribution in [0.1, 0.15) is 20.8 Å². The zero-order valence-corrected chi connectivity index (χ0v) is 7.80. The van der Waals surface area contributed by atoms with Gasteiger partial charge >= 0.3 is 0 Å². The minimum atomic E-state index is -0.384. The minimum absolute atomic E-state index is 0.384. The molecule has 0 saturated carbocycles. The molecule has 0 aliphatic heterocycles. The molecule has 0 aromatic carbocycles. The normalized spacial score (nSPS) is 13.9. The predicted molar refractivity (Wildman–Crippen MR) is 47.5 cm³/mol. The van der Waals surface area contributed by atoms with Crippen molar-refractivity contribution in [3.05, 3.63) is 0 Å². The van der Waals surface area contributed by atoms with Crippen LogP contribution in [0.3, 0.4) is 0 Å². The molecule has 0 heterocycles. The van der Waals surface area contributed by atoms with Gasteiger partial charge in [-0.05, 0) is 20.0 Å². The maximum Gasteiger partial charge on any atom is 0.102 e. The van der Waals surface area contributed by atoms with Crippen LogP contribution in [0.5, 0.6) is 0 Å². The van der Waals surface area contributed by atoms with E-state index in [9.17, 15) is 0 Å². The number of nitrogens with one attached hydrogen (secondary N) is 1. The smallest absolute Gasteiger partial charge is 0.102 e. The number of hydrogen-bond donors (Lipinski definition) is 2. The average molecular weight is 160 g/mol. The third-order valence-electron chi connectivity index (χ3n) is 1.76. The molecule has 0 aliphatic carbocycles. The van der Waals surface area contributed by atoms with E-state index in [2.05, 4.69) is 24.1 Å². The molecule has 0 radical (unpaired) electrons. The van der Waals surface area contributed by atoms with Crippen molar-refractivity contribution >= 4 is 0 Å². The van der Waals surface area contributed by atoms with E-state index in [-0.39, 0.29) is 6.23 Å². The Balaban J connectivity index is 3.21. The van der Waals surface area contributed by atoms with E-state index in [1.807, 2.05) is 0 Å². The van der Waals surface area contributed by atoms with Crippen molar-refractivity contribution in [2.45, 2.75) is 27.0 Å². The van der Waals surface area contributed by atoms with Crippen molar-refractivity contribution in [3.8, 4) is 0 Å². The van der Waals surface area contributed by atoms with Crippen LogP contribution < -0.4 is 5.32 Å². The van der Waals surface area contributed by atoms with Crippen LogP contribution in [0.4, 0.5) is 0 Å². The van der Waals surface area contributed by atoms with E-state index in [1.54, 1.807) is 6.92 Å². The maximum absolute atomic E-state index is 8.88. The summed E-state index contributed by atoms with van der Waals surface area (Å²) in [6.45, 7) is 10.1. The topological polar surface area (TPSA) is 35.5 Å². The largest absolute Gasteiger partial charge is 0.379 e. The van der Waals surface area contributed by atoms with Crippen molar-refractivity contribution in [2.24, 2.45) is 0 Å². The first-order valence-corrected chi connectivity index (χ1v) is 4.34. The molecule has 1 atom stereocenters. The van der Waals surface area contributed by atoms with Gasteiger partial charge in [-0.25, -0.2) is 0 Å². The van der Waals surface area contributed by atoms with Gasteiger partial charge < -0.3 is 10.0 Å². The Morgan fingerprint density at radius 2 is 1.91 bits per heavy atom. The first-order valence-electron chi connectivity index (χ1n) is 4.34. The van der Waals surface area contributed by atoms with E-state index in [4.69, 9.17) is 5.11 Å². The van der Waals surface area contributed by atoms with E-state index < -0.39 is 0 Å². The Labute approximate surface area is 69.4 Å². The molecule has 3 heteroatoms. The molecule has 68 valence electrons. The third-order valence-corrected chi connectivity index (χ3v) is 1.76. The third kappa shape index (κ3) is 6.28. The van der Waals surface area contributed by atoms with Gasteiger partial charge in [0.05, 0.1) is 0 Å². The summed E-state index contributed by atoms with van der Waals surface area (Å²) in [4.78, 5) is 2.31. The van der Waals surface area contributed by atoms with Gasteiger partial charge in [-0.1, -0.05) is 13.8 Å². The Hall–Kier alpha value is -0.120. The van der Waals surface area contributed by atoms with Crippen molar-refractivity contribution in [1.29, 1.82) is 0 Å². The standard InChI is InChI=1S/C8H20N2O/c1-4-10(5-2)7-6-9-8(3)11/h8-9,11H,4-7H2,1-3H3. The maximum atomic E-state index is 8.88. The fourth-order valence-corrected chi connectivity index (χ4v) is 0.971. The quantitative estimate of drug-likeness (QED) is 0.547. The highest BCUT2D eigenvalue weighted by Crippen LogP contribution is 1.84. The molecule has 0 aliphatic rings. The monoisotopic (exact) mass is 160 g/mol. The second-order valence-electron chi connectivity index (χ2n) is 2.66. The molecule has 0 fully saturated rings. The van der Waals surface area contributed by atoms with Crippen LogP contribution in [0.15, 0.2) is 0 Å². The van der Waals surface area contributed by atoms with Gasteiger partial charge in [0.2, 0.25) is 0 Å². The molecule has 0 aromatic rings.